The van der Waals surface area contributed by atoms with Gasteiger partial charge in [0.05, 0.1) is 5.52 Å². The maximum Gasteiger partial charge on any atom is 0.240 e. The minimum atomic E-state index is -0.0970. The molecule has 2 aromatic carbocycles. The number of amides is 1. The number of hydrogen-bond acceptors (Lipinski definition) is 4. The van der Waals surface area contributed by atoms with Gasteiger partial charge in [-0.3, -0.25) is 9.59 Å². The van der Waals surface area contributed by atoms with E-state index >= 15 is 0 Å². The van der Waals surface area contributed by atoms with Gasteiger partial charge in [0.25, 0.3) is 0 Å². The molecule has 2 unspecified atom stereocenters. The molecular weight excluding hydrogens is 400 g/mol. The molecule has 4 aliphatic rings. The fourth-order valence-electron chi connectivity index (χ4n) is 6.34. The van der Waals surface area contributed by atoms with E-state index in [0.717, 1.165) is 44.8 Å². The van der Waals surface area contributed by atoms with Crippen molar-refractivity contribution in [1.82, 2.24) is 19.7 Å². The number of carbonyl (C=O) groups is 1. The van der Waals surface area contributed by atoms with Gasteiger partial charge in [-0.15, -0.1) is 0 Å². The molecule has 0 aliphatic carbocycles. The van der Waals surface area contributed by atoms with E-state index < -0.39 is 0 Å². The van der Waals surface area contributed by atoms with Gasteiger partial charge in [-0.05, 0) is 17.7 Å². The van der Waals surface area contributed by atoms with E-state index in [4.69, 9.17) is 0 Å². The van der Waals surface area contributed by atoms with Crippen LogP contribution in [0, 0.1) is 5.92 Å². The molecule has 3 aromatic rings. The highest BCUT2D eigenvalue weighted by molar-refractivity contribution is 5.82. The Labute approximate surface area is 187 Å². The summed E-state index contributed by atoms with van der Waals surface area (Å²) in [5.41, 5.74) is 2.01. The predicted molar refractivity (Wildman–Crippen MR) is 125 cm³/mol. The molecule has 4 saturated heterocycles. The summed E-state index contributed by atoms with van der Waals surface area (Å²) >= 11 is 0. The Bertz CT molecular complexity index is 1210. The fraction of sp³-hybridized carbons (Fsp3) is 0.385. The number of carbonyl (C=O) groups excluding carboxylic acids is 1. The second-order valence-corrected chi connectivity index (χ2v) is 9.62. The van der Waals surface area contributed by atoms with E-state index in [9.17, 15) is 9.59 Å². The number of rotatable bonds is 4. The number of hydrogen-bond donors (Lipinski definition) is 1. The maximum atomic E-state index is 13.4. The number of benzene rings is 2. The Morgan fingerprint density at radius 2 is 1.62 bits per heavy atom. The molecule has 1 amide bonds. The van der Waals surface area contributed by atoms with Crippen molar-refractivity contribution in [3.05, 3.63) is 82.6 Å². The smallest absolute Gasteiger partial charge is 0.240 e. The fourth-order valence-corrected chi connectivity index (χ4v) is 6.34. The zero-order valence-electron chi connectivity index (χ0n) is 18.1. The van der Waals surface area contributed by atoms with E-state index in [2.05, 4.69) is 45.4 Å². The number of aromatic nitrogens is 1. The van der Waals surface area contributed by atoms with E-state index in [0.29, 0.717) is 11.3 Å². The van der Waals surface area contributed by atoms with Crippen LogP contribution in [-0.2, 0) is 16.8 Å². The molecule has 1 aromatic heterocycles. The molecule has 1 N–H and O–H groups in total. The average molecular weight is 429 g/mol. The van der Waals surface area contributed by atoms with Gasteiger partial charge in [0.15, 0.2) is 5.43 Å². The van der Waals surface area contributed by atoms with Crippen LogP contribution in [-0.4, -0.2) is 65.6 Å². The minimum Gasteiger partial charge on any atom is -0.350 e. The minimum absolute atomic E-state index is 0.00950. The van der Waals surface area contributed by atoms with Crippen molar-refractivity contribution >= 4 is 16.8 Å². The van der Waals surface area contributed by atoms with Crippen molar-refractivity contribution in [2.75, 3.05) is 39.3 Å². The highest BCUT2D eigenvalue weighted by Gasteiger charge is 2.55. The molecule has 6 nitrogen and oxygen atoms in total. The van der Waals surface area contributed by atoms with E-state index in [1.807, 2.05) is 28.8 Å². The van der Waals surface area contributed by atoms with Crippen molar-refractivity contribution in [2.45, 2.75) is 18.0 Å². The number of piperidine rings is 2. The normalized spacial score (nSPS) is 30.9. The third kappa shape index (κ3) is 3.17. The number of nitrogens with one attached hydrogen (secondary N) is 1. The first-order valence-electron chi connectivity index (χ1n) is 11.5. The average Bonchev–Trinajstić information content (AvgIpc) is 3.07. The first-order valence-corrected chi connectivity index (χ1v) is 11.5. The van der Waals surface area contributed by atoms with Crippen molar-refractivity contribution < 1.29 is 4.79 Å². The Morgan fingerprint density at radius 3 is 2.38 bits per heavy atom. The first-order chi connectivity index (χ1) is 15.6. The molecule has 6 heteroatoms. The summed E-state index contributed by atoms with van der Waals surface area (Å²) in [7, 11) is 0. The van der Waals surface area contributed by atoms with Crippen LogP contribution in [0.15, 0.2) is 71.7 Å². The molecule has 0 spiro atoms. The van der Waals surface area contributed by atoms with Crippen LogP contribution in [0.3, 0.4) is 0 Å². The lowest BCUT2D eigenvalue weighted by atomic mass is 9.64. The number of nitrogens with zero attached hydrogens (tertiary/aromatic N) is 3. The quantitative estimate of drug-likeness (QED) is 0.687. The molecular formula is C26H28N4O2. The van der Waals surface area contributed by atoms with Gasteiger partial charge in [0.1, 0.15) is 6.54 Å². The van der Waals surface area contributed by atoms with Crippen molar-refractivity contribution in [3.8, 4) is 0 Å². The molecule has 7 rings (SSSR count). The standard InChI is InChI=1S/C26H28N4O2/c31-23-10-11-30(22-9-5-4-8-21(22)23)16-24(32)27-25-19-14-28-12-13-29(15-19)18-26(25,17-28)20-6-2-1-3-7-20/h1-11,19,25H,12-18H2,(H,27,32)/t19?,25-,26?/m0/s1. The van der Waals surface area contributed by atoms with Crippen molar-refractivity contribution in [2.24, 2.45) is 5.92 Å². The maximum absolute atomic E-state index is 13.4. The van der Waals surface area contributed by atoms with Crippen LogP contribution in [0.1, 0.15) is 5.56 Å². The predicted octanol–water partition coefficient (Wildman–Crippen LogP) is 1.69. The van der Waals surface area contributed by atoms with Crippen LogP contribution in [0.4, 0.5) is 0 Å². The second-order valence-electron chi connectivity index (χ2n) is 9.62. The molecule has 4 aliphatic heterocycles. The molecule has 4 fully saturated rings. The monoisotopic (exact) mass is 428 g/mol. The largest absolute Gasteiger partial charge is 0.350 e. The lowest BCUT2D eigenvalue weighted by molar-refractivity contribution is -0.125. The Morgan fingerprint density at radius 1 is 0.938 bits per heavy atom. The van der Waals surface area contributed by atoms with Gasteiger partial charge in [0, 0.05) is 74.3 Å². The van der Waals surface area contributed by atoms with E-state index in [1.165, 1.54) is 5.56 Å². The summed E-state index contributed by atoms with van der Waals surface area (Å²) in [5.74, 6) is 0.421. The van der Waals surface area contributed by atoms with Crippen LogP contribution < -0.4 is 10.7 Å². The molecule has 5 heterocycles. The molecule has 3 atom stereocenters. The van der Waals surface area contributed by atoms with E-state index in [1.54, 1.807) is 12.3 Å². The second kappa shape index (κ2) is 7.57. The topological polar surface area (TPSA) is 57.6 Å². The van der Waals surface area contributed by atoms with Crippen LogP contribution in [0.5, 0.6) is 0 Å². The summed E-state index contributed by atoms with van der Waals surface area (Å²) in [6, 6.07) is 19.9. The van der Waals surface area contributed by atoms with Gasteiger partial charge >= 0.3 is 0 Å². The van der Waals surface area contributed by atoms with Crippen LogP contribution in [0.25, 0.3) is 10.9 Å². The highest BCUT2D eigenvalue weighted by atomic mass is 16.2. The third-order valence-corrected chi connectivity index (χ3v) is 7.66. The van der Waals surface area contributed by atoms with Gasteiger partial charge in [0.2, 0.25) is 5.91 Å². The van der Waals surface area contributed by atoms with Crippen LogP contribution >= 0.6 is 0 Å². The SMILES string of the molecule is O=C(Cn1ccc(=O)c2ccccc21)N[C@H]1C2CN3CCN(C2)CC1(c1ccccc1)C3. The van der Waals surface area contributed by atoms with Crippen molar-refractivity contribution in [1.29, 1.82) is 0 Å². The van der Waals surface area contributed by atoms with Gasteiger partial charge in [-0.2, -0.15) is 0 Å². The Hall–Kier alpha value is -2.96. The molecule has 4 bridgehead atoms. The Balaban J connectivity index is 1.32. The zero-order chi connectivity index (χ0) is 21.7. The third-order valence-electron chi connectivity index (χ3n) is 7.66. The van der Waals surface area contributed by atoms with Crippen LogP contribution in [0.2, 0.25) is 0 Å². The molecule has 32 heavy (non-hydrogen) atoms. The summed E-state index contributed by atoms with van der Waals surface area (Å²) in [6.45, 7) is 6.46. The summed E-state index contributed by atoms with van der Waals surface area (Å²) in [5, 5.41) is 4.11. The molecule has 0 radical (unpaired) electrons. The highest BCUT2D eigenvalue weighted by Crippen LogP contribution is 2.43. The lowest BCUT2D eigenvalue weighted by Gasteiger charge is -2.55. The summed E-state index contributed by atoms with van der Waals surface area (Å²) in [6.07, 6.45) is 1.73. The lowest BCUT2D eigenvalue weighted by Crippen LogP contribution is -2.70. The molecule has 164 valence electrons. The number of pyridine rings is 1. The van der Waals surface area contributed by atoms with Gasteiger partial charge < -0.3 is 19.7 Å². The molecule has 0 saturated carbocycles. The van der Waals surface area contributed by atoms with Gasteiger partial charge in [-0.1, -0.05) is 42.5 Å². The number of para-hydroxylation sites is 1. The summed E-state index contributed by atoms with van der Waals surface area (Å²) in [4.78, 5) is 30.7. The zero-order valence-corrected chi connectivity index (χ0v) is 18.1. The first kappa shape index (κ1) is 19.7. The summed E-state index contributed by atoms with van der Waals surface area (Å²) < 4.78 is 1.89. The van der Waals surface area contributed by atoms with Crippen molar-refractivity contribution in [3.63, 3.8) is 0 Å². The Kier molecular flexibility index (Phi) is 4.66. The van der Waals surface area contributed by atoms with Gasteiger partial charge in [-0.25, -0.2) is 0 Å². The van der Waals surface area contributed by atoms with E-state index in [-0.39, 0.29) is 29.3 Å². The number of fused-ring (bicyclic) bond motifs is 2.